The molecular formula is C24H44N4. The molecule has 4 N–H and O–H groups in total. The zero-order chi connectivity index (χ0) is 20.1. The zero-order valence-corrected chi connectivity index (χ0v) is 18.7. The molecule has 0 aromatic rings. The molecule has 4 saturated carbocycles. The van der Waals surface area contributed by atoms with E-state index >= 15 is 0 Å². The van der Waals surface area contributed by atoms with Crippen molar-refractivity contribution < 1.29 is 0 Å². The van der Waals surface area contributed by atoms with Gasteiger partial charge >= 0.3 is 0 Å². The highest BCUT2D eigenvalue weighted by atomic mass is 15.6. The predicted octanol–water partition coefficient (Wildman–Crippen LogP) is 5.00. The van der Waals surface area contributed by atoms with E-state index in [-0.39, 0.29) is 0 Å². The number of nitrogens with zero attached hydrogens (tertiary/aromatic N) is 2. The first-order valence-electron chi connectivity index (χ1n) is 12.1. The van der Waals surface area contributed by atoms with Gasteiger partial charge in [0, 0.05) is 0 Å². The van der Waals surface area contributed by atoms with Crippen LogP contribution in [0.25, 0.3) is 0 Å². The molecule has 0 amide bonds. The van der Waals surface area contributed by atoms with E-state index in [1.54, 1.807) is 12.0 Å². The Morgan fingerprint density at radius 3 is 2.57 bits per heavy atom. The van der Waals surface area contributed by atoms with Crippen LogP contribution in [0.3, 0.4) is 0 Å². The molecule has 0 spiro atoms. The van der Waals surface area contributed by atoms with Crippen molar-refractivity contribution in [3.63, 3.8) is 0 Å². The van der Waals surface area contributed by atoms with Gasteiger partial charge in [0.1, 0.15) is 5.84 Å². The number of hydrazine groups is 1. The average Bonchev–Trinajstić information content (AvgIpc) is 2.97. The molecular weight excluding hydrogens is 344 g/mol. The summed E-state index contributed by atoms with van der Waals surface area (Å²) >= 11 is 0. The van der Waals surface area contributed by atoms with Crippen molar-refractivity contribution in [1.82, 2.24) is 5.12 Å². The van der Waals surface area contributed by atoms with Gasteiger partial charge in [-0.1, -0.05) is 27.2 Å². The Kier molecular flexibility index (Phi) is 5.72. The maximum Gasteiger partial charge on any atom is 0.118 e. The van der Waals surface area contributed by atoms with Crippen LogP contribution in [0.5, 0.6) is 0 Å². The van der Waals surface area contributed by atoms with Gasteiger partial charge in [-0.3, -0.25) is 0 Å². The Balaban J connectivity index is 1.45. The second kappa shape index (κ2) is 7.81. The van der Waals surface area contributed by atoms with E-state index in [2.05, 4.69) is 25.9 Å². The van der Waals surface area contributed by atoms with Gasteiger partial charge in [-0.2, -0.15) is 0 Å². The summed E-state index contributed by atoms with van der Waals surface area (Å²) in [5, 5.41) is 5.82. The molecule has 28 heavy (non-hydrogen) atoms. The molecule has 0 radical (unpaired) electrons. The topological polar surface area (TPSA) is 67.6 Å². The number of amidine groups is 1. The molecule has 4 aliphatic rings. The molecule has 4 rings (SSSR count). The molecule has 0 saturated heterocycles. The van der Waals surface area contributed by atoms with Crippen molar-refractivity contribution in [3.8, 4) is 0 Å². The minimum absolute atomic E-state index is 0.512. The standard InChI is InChI=1S/C24H44N4/c1-15-5-7-19-18(13-15)6-8-21-20(19)11-12-24(4)22(9-10-23(21)24)16(2)14-28(26)27-17(3)25/h15-16,18-23H,5-14,26H2,1-4H3,(H2,25,27). The van der Waals surface area contributed by atoms with Crippen molar-refractivity contribution >= 4 is 5.84 Å². The van der Waals surface area contributed by atoms with Crippen LogP contribution in [-0.2, 0) is 0 Å². The van der Waals surface area contributed by atoms with Gasteiger partial charge in [-0.05, 0) is 111 Å². The van der Waals surface area contributed by atoms with E-state index < -0.39 is 0 Å². The summed E-state index contributed by atoms with van der Waals surface area (Å²) in [6.07, 6.45) is 13.3. The maximum atomic E-state index is 6.11. The Morgan fingerprint density at radius 1 is 1.07 bits per heavy atom. The van der Waals surface area contributed by atoms with Crippen molar-refractivity contribution in [2.45, 2.75) is 85.5 Å². The van der Waals surface area contributed by atoms with Crippen molar-refractivity contribution in [1.29, 1.82) is 0 Å². The summed E-state index contributed by atoms with van der Waals surface area (Å²) in [7, 11) is 0. The monoisotopic (exact) mass is 388 g/mol. The van der Waals surface area contributed by atoms with Crippen LogP contribution in [0.4, 0.5) is 0 Å². The minimum Gasteiger partial charge on any atom is -0.386 e. The van der Waals surface area contributed by atoms with Crippen LogP contribution in [0.1, 0.15) is 85.5 Å². The first kappa shape index (κ1) is 20.5. The largest absolute Gasteiger partial charge is 0.386 e. The molecule has 4 heteroatoms. The summed E-state index contributed by atoms with van der Waals surface area (Å²) in [4.78, 5) is 0. The molecule has 4 aliphatic carbocycles. The minimum atomic E-state index is 0.512. The average molecular weight is 389 g/mol. The summed E-state index contributed by atoms with van der Waals surface area (Å²) < 4.78 is 0. The molecule has 0 aliphatic heterocycles. The normalized spacial score (nSPS) is 47.0. The fourth-order valence-corrected chi connectivity index (χ4v) is 8.73. The van der Waals surface area contributed by atoms with Crippen LogP contribution in [-0.4, -0.2) is 17.5 Å². The van der Waals surface area contributed by atoms with E-state index in [1.807, 2.05) is 0 Å². The number of hydrogen-bond donors (Lipinski definition) is 2. The Bertz CT molecular complexity index is 585. The molecule has 0 aromatic heterocycles. The third kappa shape index (κ3) is 3.59. The van der Waals surface area contributed by atoms with Gasteiger partial charge in [0.25, 0.3) is 0 Å². The van der Waals surface area contributed by atoms with Crippen LogP contribution in [0, 0.1) is 52.8 Å². The molecule has 4 nitrogen and oxygen atoms in total. The Labute approximate surface area is 172 Å². The lowest BCUT2D eigenvalue weighted by molar-refractivity contribution is -0.0742. The third-order valence-electron chi connectivity index (χ3n) is 9.74. The first-order chi connectivity index (χ1) is 13.3. The van der Waals surface area contributed by atoms with Crippen molar-refractivity contribution in [2.24, 2.45) is 69.4 Å². The van der Waals surface area contributed by atoms with Gasteiger partial charge < -0.3 is 5.73 Å². The quantitative estimate of drug-likeness (QED) is 0.308. The van der Waals surface area contributed by atoms with Gasteiger partial charge in [0.2, 0.25) is 0 Å². The van der Waals surface area contributed by atoms with Crippen LogP contribution < -0.4 is 11.6 Å². The van der Waals surface area contributed by atoms with E-state index in [0.717, 1.165) is 48.0 Å². The molecule has 0 bridgehead atoms. The number of nitrogens with two attached hydrogens (primary N) is 2. The lowest BCUT2D eigenvalue weighted by Gasteiger charge is -2.56. The van der Waals surface area contributed by atoms with Gasteiger partial charge in [-0.25, -0.2) is 11.0 Å². The van der Waals surface area contributed by atoms with Crippen LogP contribution >= 0.6 is 0 Å². The fourth-order valence-electron chi connectivity index (χ4n) is 8.73. The van der Waals surface area contributed by atoms with E-state index in [9.17, 15) is 0 Å². The second-order valence-corrected chi connectivity index (χ2v) is 11.4. The molecule has 4 fully saturated rings. The van der Waals surface area contributed by atoms with Crippen molar-refractivity contribution in [2.75, 3.05) is 6.54 Å². The second-order valence-electron chi connectivity index (χ2n) is 11.4. The summed E-state index contributed by atoms with van der Waals surface area (Å²) in [5.41, 5.74) is 6.23. The lowest BCUT2D eigenvalue weighted by atomic mass is 9.49. The Morgan fingerprint density at radius 2 is 1.82 bits per heavy atom. The molecule has 0 aromatic carbocycles. The lowest BCUT2D eigenvalue weighted by Crippen LogP contribution is -2.49. The highest BCUT2D eigenvalue weighted by molar-refractivity contribution is 5.77. The number of hydrogen-bond acceptors (Lipinski definition) is 3. The van der Waals surface area contributed by atoms with E-state index in [1.165, 1.54) is 57.8 Å². The van der Waals surface area contributed by atoms with Gasteiger partial charge in [0.05, 0.1) is 6.54 Å². The SMILES string of the molecule is C/C(N)=N/N(N)CC(C)C1CCC2C3CCC4CC(C)CCC4C3CCC12C. The highest BCUT2D eigenvalue weighted by Gasteiger charge is 2.57. The summed E-state index contributed by atoms with van der Waals surface area (Å²) in [6, 6.07) is 0. The fraction of sp³-hybridized carbons (Fsp3) is 0.958. The van der Waals surface area contributed by atoms with Crippen LogP contribution in [0.15, 0.2) is 5.10 Å². The zero-order valence-electron chi connectivity index (χ0n) is 18.7. The smallest absolute Gasteiger partial charge is 0.118 e. The number of fused-ring (bicyclic) bond motifs is 5. The summed E-state index contributed by atoms with van der Waals surface area (Å²) in [5.74, 6) is 14.1. The predicted molar refractivity (Wildman–Crippen MR) is 117 cm³/mol. The molecule has 9 atom stereocenters. The molecule has 160 valence electrons. The number of hydrazone groups is 1. The van der Waals surface area contributed by atoms with Gasteiger partial charge in [-0.15, -0.1) is 5.10 Å². The van der Waals surface area contributed by atoms with Gasteiger partial charge in [0.15, 0.2) is 0 Å². The number of rotatable bonds is 4. The summed E-state index contributed by atoms with van der Waals surface area (Å²) in [6.45, 7) is 10.1. The first-order valence-corrected chi connectivity index (χ1v) is 12.1. The molecule has 0 heterocycles. The van der Waals surface area contributed by atoms with E-state index in [0.29, 0.717) is 17.2 Å². The van der Waals surface area contributed by atoms with Crippen molar-refractivity contribution in [3.05, 3.63) is 0 Å². The maximum absolute atomic E-state index is 6.11. The van der Waals surface area contributed by atoms with E-state index in [4.69, 9.17) is 11.6 Å². The van der Waals surface area contributed by atoms with Crippen LogP contribution in [0.2, 0.25) is 0 Å². The highest BCUT2D eigenvalue weighted by Crippen LogP contribution is 2.65. The molecule has 9 unspecified atom stereocenters. The Hall–Kier alpha value is -0.770. The third-order valence-corrected chi connectivity index (χ3v) is 9.74.